The Morgan fingerprint density at radius 1 is 1.15 bits per heavy atom. The van der Waals surface area contributed by atoms with E-state index < -0.39 is 0 Å². The summed E-state index contributed by atoms with van der Waals surface area (Å²) in [5, 5.41) is 3.03. The SMILES string of the molecule is C=CNC(=NC)c1cn([C@@H](CC)C(C)(C)C)c(/C(C)=C(/C(=C)C2CC2)c2ccccc2C)cc1=O.CC.CC. The van der Waals surface area contributed by atoms with Crippen LogP contribution in [0.4, 0.5) is 0 Å². The second-order valence-electron chi connectivity index (χ2n) is 10.7. The average Bonchev–Trinajstić information content (AvgIpc) is 3.77. The number of aromatic nitrogens is 1. The van der Waals surface area contributed by atoms with Crippen molar-refractivity contribution in [3.05, 3.63) is 94.1 Å². The molecule has 4 nitrogen and oxygen atoms in total. The number of rotatable bonds is 8. The number of amidine groups is 1. The minimum atomic E-state index is -0.0597. The molecule has 3 rings (SSSR count). The fourth-order valence-corrected chi connectivity index (χ4v) is 5.11. The lowest BCUT2D eigenvalue weighted by Gasteiger charge is -2.35. The Balaban J connectivity index is 0.00000181. The molecule has 0 aliphatic heterocycles. The van der Waals surface area contributed by atoms with Gasteiger partial charge in [-0.05, 0) is 78.5 Å². The molecule has 1 aromatic heterocycles. The monoisotopic (exact) mass is 531 g/mol. The molecule has 0 radical (unpaired) electrons. The molecular formula is C35H53N3O. The van der Waals surface area contributed by atoms with Crippen molar-refractivity contribution in [3.63, 3.8) is 0 Å². The van der Waals surface area contributed by atoms with E-state index in [-0.39, 0.29) is 16.9 Å². The first kappa shape index (κ1) is 33.9. The van der Waals surface area contributed by atoms with Crippen LogP contribution in [0.15, 0.2) is 71.2 Å². The van der Waals surface area contributed by atoms with Gasteiger partial charge in [-0.15, -0.1) is 0 Å². The minimum Gasteiger partial charge on any atom is -0.347 e. The van der Waals surface area contributed by atoms with Crippen LogP contribution < -0.4 is 10.7 Å². The van der Waals surface area contributed by atoms with Crippen molar-refractivity contribution in [2.24, 2.45) is 16.3 Å². The van der Waals surface area contributed by atoms with Gasteiger partial charge in [0.2, 0.25) is 0 Å². The van der Waals surface area contributed by atoms with Gasteiger partial charge in [0, 0.05) is 31.0 Å². The summed E-state index contributed by atoms with van der Waals surface area (Å²) in [5.41, 5.74) is 7.26. The third-order valence-electron chi connectivity index (χ3n) is 7.08. The Bertz CT molecular complexity index is 1230. The quantitative estimate of drug-likeness (QED) is 0.210. The van der Waals surface area contributed by atoms with Crippen molar-refractivity contribution >= 4 is 17.0 Å². The fourth-order valence-electron chi connectivity index (χ4n) is 5.11. The largest absolute Gasteiger partial charge is 0.347 e. The molecule has 0 unspecified atom stereocenters. The highest BCUT2D eigenvalue weighted by Gasteiger charge is 2.31. The number of allylic oxidation sites excluding steroid dienone is 3. The zero-order valence-electron chi connectivity index (χ0n) is 26.5. The minimum absolute atomic E-state index is 0.0121. The number of aryl methyl sites for hydroxylation is 1. The Kier molecular flexibility index (Phi) is 13.4. The zero-order valence-corrected chi connectivity index (χ0v) is 26.5. The maximum atomic E-state index is 13.5. The second kappa shape index (κ2) is 15.5. The van der Waals surface area contributed by atoms with Gasteiger partial charge in [0.15, 0.2) is 5.43 Å². The van der Waals surface area contributed by atoms with Gasteiger partial charge in [0.25, 0.3) is 0 Å². The predicted molar refractivity (Wildman–Crippen MR) is 174 cm³/mol. The Morgan fingerprint density at radius 2 is 1.74 bits per heavy atom. The highest BCUT2D eigenvalue weighted by Crippen LogP contribution is 2.46. The van der Waals surface area contributed by atoms with Crippen LogP contribution in [-0.2, 0) is 0 Å². The number of aliphatic imine (C=N–C) groups is 1. The highest BCUT2D eigenvalue weighted by atomic mass is 16.1. The first-order chi connectivity index (χ1) is 18.5. The third kappa shape index (κ3) is 8.17. The van der Waals surface area contributed by atoms with Crippen molar-refractivity contribution in [3.8, 4) is 0 Å². The van der Waals surface area contributed by atoms with Crippen molar-refractivity contribution in [2.75, 3.05) is 7.05 Å². The van der Waals surface area contributed by atoms with E-state index in [1.807, 2.05) is 33.9 Å². The molecular weight excluding hydrogens is 478 g/mol. The number of hydrogen-bond donors (Lipinski definition) is 1. The summed E-state index contributed by atoms with van der Waals surface area (Å²) in [6.07, 6.45) is 6.83. The van der Waals surface area contributed by atoms with Crippen molar-refractivity contribution in [1.29, 1.82) is 0 Å². The topological polar surface area (TPSA) is 46.4 Å². The molecule has 1 saturated carbocycles. The molecule has 1 heterocycles. The van der Waals surface area contributed by atoms with Crippen LogP contribution in [0.25, 0.3) is 11.1 Å². The number of pyridine rings is 1. The van der Waals surface area contributed by atoms with Crippen LogP contribution in [0, 0.1) is 18.3 Å². The molecule has 0 saturated heterocycles. The highest BCUT2D eigenvalue weighted by molar-refractivity contribution is 6.00. The van der Waals surface area contributed by atoms with E-state index in [1.54, 1.807) is 19.3 Å². The zero-order chi connectivity index (χ0) is 29.9. The molecule has 4 heteroatoms. The summed E-state index contributed by atoms with van der Waals surface area (Å²) in [5.74, 6) is 1.04. The molecule has 0 bridgehead atoms. The molecule has 1 N–H and O–H groups in total. The first-order valence-corrected chi connectivity index (χ1v) is 14.6. The lowest BCUT2D eigenvalue weighted by molar-refractivity contribution is 0.233. The molecule has 1 atom stereocenters. The van der Waals surface area contributed by atoms with E-state index in [1.165, 1.54) is 35.1 Å². The van der Waals surface area contributed by atoms with Crippen LogP contribution in [-0.4, -0.2) is 17.5 Å². The molecule has 39 heavy (non-hydrogen) atoms. The van der Waals surface area contributed by atoms with Crippen LogP contribution in [0.1, 0.15) is 110 Å². The molecule has 1 aliphatic carbocycles. The maximum absolute atomic E-state index is 13.5. The summed E-state index contributed by atoms with van der Waals surface area (Å²) in [6, 6.07) is 10.4. The summed E-state index contributed by atoms with van der Waals surface area (Å²) < 4.78 is 2.29. The third-order valence-corrected chi connectivity index (χ3v) is 7.08. The van der Waals surface area contributed by atoms with E-state index in [2.05, 4.69) is 93.8 Å². The van der Waals surface area contributed by atoms with E-state index in [9.17, 15) is 4.79 Å². The fraction of sp³-hybridized carbons (Fsp3) is 0.486. The van der Waals surface area contributed by atoms with Gasteiger partial charge in [-0.3, -0.25) is 9.79 Å². The van der Waals surface area contributed by atoms with Gasteiger partial charge in [0.1, 0.15) is 5.84 Å². The summed E-state index contributed by atoms with van der Waals surface area (Å²) in [6.45, 7) is 29.6. The molecule has 1 aromatic carbocycles. The van der Waals surface area contributed by atoms with Gasteiger partial charge >= 0.3 is 0 Å². The molecule has 0 amide bonds. The van der Waals surface area contributed by atoms with Crippen LogP contribution in [0.5, 0.6) is 0 Å². The van der Waals surface area contributed by atoms with E-state index in [0.29, 0.717) is 17.3 Å². The summed E-state index contributed by atoms with van der Waals surface area (Å²) >= 11 is 0. The van der Waals surface area contributed by atoms with Gasteiger partial charge in [0.05, 0.1) is 5.56 Å². The molecule has 2 aromatic rings. The van der Waals surface area contributed by atoms with Crippen molar-refractivity contribution < 1.29 is 0 Å². The summed E-state index contributed by atoms with van der Waals surface area (Å²) in [4.78, 5) is 17.8. The maximum Gasteiger partial charge on any atom is 0.193 e. The molecule has 1 aliphatic rings. The lowest BCUT2D eigenvalue weighted by atomic mass is 9.83. The normalized spacial score (nSPS) is 14.6. The Labute approximate surface area is 238 Å². The lowest BCUT2D eigenvalue weighted by Crippen LogP contribution is -2.32. The van der Waals surface area contributed by atoms with Gasteiger partial charge in [-0.25, -0.2) is 0 Å². The van der Waals surface area contributed by atoms with E-state index >= 15 is 0 Å². The van der Waals surface area contributed by atoms with Gasteiger partial charge in [-0.1, -0.05) is 92.8 Å². The molecule has 0 spiro atoms. The molecule has 214 valence electrons. The van der Waals surface area contributed by atoms with E-state index in [4.69, 9.17) is 0 Å². The number of nitrogens with zero attached hydrogens (tertiary/aromatic N) is 2. The summed E-state index contributed by atoms with van der Waals surface area (Å²) in [7, 11) is 1.69. The number of benzene rings is 1. The second-order valence-corrected chi connectivity index (χ2v) is 10.7. The van der Waals surface area contributed by atoms with E-state index in [0.717, 1.165) is 17.7 Å². The Hall–Kier alpha value is -3.14. The Morgan fingerprint density at radius 3 is 2.21 bits per heavy atom. The van der Waals surface area contributed by atoms with Crippen LogP contribution in [0.3, 0.4) is 0 Å². The van der Waals surface area contributed by atoms with Crippen molar-refractivity contribution in [1.82, 2.24) is 9.88 Å². The number of nitrogens with one attached hydrogen (secondary N) is 1. The van der Waals surface area contributed by atoms with Gasteiger partial charge < -0.3 is 9.88 Å². The number of hydrogen-bond acceptors (Lipinski definition) is 2. The standard InChI is InChI=1S/C31H41N3O.2C2H6/c1-10-28(31(6,7)8)34-19-25(30(32-9)33-11-2)27(35)18-26(34)22(5)29(21(4)23-16-17-23)24-15-13-12-14-20(24)3;2*1-2/h11-15,18-19,23,28H,2,4,10,16-17H2,1,3,5-9H3,(H,32,33);2*1-2H3/b29-22-;;/t28-;;/m0../s1. The smallest absolute Gasteiger partial charge is 0.193 e. The average molecular weight is 532 g/mol. The van der Waals surface area contributed by atoms with Crippen LogP contribution in [0.2, 0.25) is 0 Å². The van der Waals surface area contributed by atoms with Crippen molar-refractivity contribution in [2.45, 2.75) is 94.5 Å². The predicted octanol–water partition coefficient (Wildman–Crippen LogP) is 9.21. The molecule has 1 fully saturated rings. The first-order valence-electron chi connectivity index (χ1n) is 14.6. The van der Waals surface area contributed by atoms with Gasteiger partial charge in [-0.2, -0.15) is 0 Å². The van der Waals surface area contributed by atoms with Crippen LogP contribution >= 0.6 is 0 Å².